The highest BCUT2D eigenvalue weighted by atomic mass is 35.5. The van der Waals surface area contributed by atoms with E-state index in [2.05, 4.69) is 10.9 Å². The van der Waals surface area contributed by atoms with E-state index in [-0.39, 0.29) is 16.6 Å². The van der Waals surface area contributed by atoms with Gasteiger partial charge in [0.15, 0.2) is 11.6 Å². The molecule has 1 atom stereocenters. The van der Waals surface area contributed by atoms with Crippen LogP contribution in [0.3, 0.4) is 0 Å². The number of hydrogen-bond donors (Lipinski definition) is 1. The second-order valence-corrected chi connectivity index (χ2v) is 5.05. The van der Waals surface area contributed by atoms with Crippen molar-refractivity contribution < 1.29 is 9.13 Å². The molecule has 3 nitrogen and oxygen atoms in total. The van der Waals surface area contributed by atoms with Crippen molar-refractivity contribution in [2.75, 3.05) is 5.73 Å². The van der Waals surface area contributed by atoms with Crippen molar-refractivity contribution in [3.63, 3.8) is 0 Å². The Morgan fingerprint density at radius 3 is 2.81 bits per heavy atom. The molecule has 0 fully saturated rings. The van der Waals surface area contributed by atoms with Crippen LogP contribution >= 0.6 is 23.2 Å². The minimum Gasteiger partial charge on any atom is -0.482 e. The largest absolute Gasteiger partial charge is 0.482 e. The highest BCUT2D eigenvalue weighted by Crippen LogP contribution is 2.35. The summed E-state index contributed by atoms with van der Waals surface area (Å²) in [5.74, 6) is 2.31. The van der Waals surface area contributed by atoms with Crippen LogP contribution < -0.4 is 10.5 Å². The Kier molecular flexibility index (Phi) is 4.56. The SMILES string of the molecule is C#Cc1cnc(N)c(O[C@H](C)c2c(Cl)ccc(F)c2Cl)c1. The van der Waals surface area contributed by atoms with E-state index in [0.29, 0.717) is 16.1 Å². The van der Waals surface area contributed by atoms with Crippen LogP contribution in [-0.4, -0.2) is 4.98 Å². The van der Waals surface area contributed by atoms with Crippen LogP contribution in [0.2, 0.25) is 10.0 Å². The Morgan fingerprint density at radius 2 is 2.14 bits per heavy atom. The lowest BCUT2D eigenvalue weighted by Gasteiger charge is -2.18. The third kappa shape index (κ3) is 3.21. The van der Waals surface area contributed by atoms with Gasteiger partial charge in [0.05, 0.1) is 5.02 Å². The van der Waals surface area contributed by atoms with Gasteiger partial charge in [-0.05, 0) is 19.1 Å². The van der Waals surface area contributed by atoms with Gasteiger partial charge in [0.1, 0.15) is 11.9 Å². The molecule has 0 unspecified atom stereocenters. The first-order valence-corrected chi connectivity index (χ1v) is 6.71. The molecule has 1 heterocycles. The predicted molar refractivity (Wildman–Crippen MR) is 82.0 cm³/mol. The minimum absolute atomic E-state index is 0.0883. The summed E-state index contributed by atoms with van der Waals surface area (Å²) in [4.78, 5) is 3.93. The van der Waals surface area contributed by atoms with Crippen molar-refractivity contribution in [3.05, 3.63) is 51.4 Å². The summed E-state index contributed by atoms with van der Waals surface area (Å²) in [7, 11) is 0. The molecule has 0 aliphatic heterocycles. The van der Waals surface area contributed by atoms with E-state index in [1.807, 2.05) is 0 Å². The monoisotopic (exact) mass is 324 g/mol. The van der Waals surface area contributed by atoms with E-state index in [4.69, 9.17) is 40.1 Å². The van der Waals surface area contributed by atoms with E-state index < -0.39 is 11.9 Å². The van der Waals surface area contributed by atoms with Gasteiger partial charge < -0.3 is 10.5 Å². The summed E-state index contributed by atoms with van der Waals surface area (Å²) in [6.45, 7) is 1.68. The van der Waals surface area contributed by atoms with Gasteiger partial charge >= 0.3 is 0 Å². The number of rotatable bonds is 3. The number of benzene rings is 1. The molecule has 0 spiro atoms. The molecule has 0 aliphatic rings. The van der Waals surface area contributed by atoms with Gasteiger partial charge in [-0.3, -0.25) is 0 Å². The Morgan fingerprint density at radius 1 is 1.43 bits per heavy atom. The quantitative estimate of drug-likeness (QED) is 0.678. The fourth-order valence-electron chi connectivity index (χ4n) is 1.79. The first-order valence-electron chi connectivity index (χ1n) is 5.96. The van der Waals surface area contributed by atoms with Gasteiger partial charge in [-0.15, -0.1) is 6.42 Å². The molecule has 0 aliphatic carbocycles. The van der Waals surface area contributed by atoms with Crippen LogP contribution in [0.5, 0.6) is 5.75 Å². The molecule has 2 N–H and O–H groups in total. The molecule has 0 saturated carbocycles. The lowest BCUT2D eigenvalue weighted by Crippen LogP contribution is -2.08. The second-order valence-electron chi connectivity index (χ2n) is 4.27. The molecule has 0 bridgehead atoms. The average Bonchev–Trinajstić information content (AvgIpc) is 2.46. The van der Waals surface area contributed by atoms with E-state index in [1.165, 1.54) is 18.3 Å². The summed E-state index contributed by atoms with van der Waals surface area (Å²) < 4.78 is 19.2. The lowest BCUT2D eigenvalue weighted by atomic mass is 10.1. The molecule has 2 aromatic rings. The molecule has 21 heavy (non-hydrogen) atoms. The number of anilines is 1. The van der Waals surface area contributed by atoms with Crippen LogP contribution in [0.25, 0.3) is 0 Å². The first-order chi connectivity index (χ1) is 9.93. The van der Waals surface area contributed by atoms with Crippen molar-refractivity contribution in [2.45, 2.75) is 13.0 Å². The van der Waals surface area contributed by atoms with Gasteiger partial charge in [-0.25, -0.2) is 9.37 Å². The highest BCUT2D eigenvalue weighted by Gasteiger charge is 2.19. The van der Waals surface area contributed by atoms with Gasteiger partial charge in [-0.1, -0.05) is 29.1 Å². The zero-order valence-electron chi connectivity index (χ0n) is 11.0. The van der Waals surface area contributed by atoms with Crippen LogP contribution in [0, 0.1) is 18.2 Å². The van der Waals surface area contributed by atoms with Crippen LogP contribution in [0.1, 0.15) is 24.2 Å². The van der Waals surface area contributed by atoms with Gasteiger partial charge in [0.2, 0.25) is 0 Å². The fraction of sp³-hybridized carbons (Fsp3) is 0.133. The number of nitrogen functional groups attached to an aromatic ring is 1. The Labute approximate surface area is 131 Å². The molecule has 1 aromatic carbocycles. The zero-order chi connectivity index (χ0) is 15.6. The third-order valence-electron chi connectivity index (χ3n) is 2.84. The molecular weight excluding hydrogens is 314 g/mol. The summed E-state index contributed by atoms with van der Waals surface area (Å²) >= 11 is 12.0. The van der Waals surface area contributed by atoms with Crippen LogP contribution in [0.15, 0.2) is 24.4 Å². The van der Waals surface area contributed by atoms with Crippen molar-refractivity contribution in [1.82, 2.24) is 4.98 Å². The van der Waals surface area contributed by atoms with E-state index in [0.717, 1.165) is 0 Å². The Bertz CT molecular complexity index is 728. The van der Waals surface area contributed by atoms with Crippen LogP contribution in [0.4, 0.5) is 10.2 Å². The highest BCUT2D eigenvalue weighted by molar-refractivity contribution is 6.36. The first kappa shape index (κ1) is 15.4. The summed E-state index contributed by atoms with van der Waals surface area (Å²) in [5, 5.41) is 0.211. The summed E-state index contributed by atoms with van der Waals surface area (Å²) in [6, 6.07) is 4.17. The Hall–Kier alpha value is -1.96. The van der Waals surface area contributed by atoms with Crippen molar-refractivity contribution in [3.8, 4) is 18.1 Å². The maximum Gasteiger partial charge on any atom is 0.166 e. The minimum atomic E-state index is -0.627. The third-order valence-corrected chi connectivity index (χ3v) is 3.55. The standard InChI is InChI=1S/C15H11Cl2FN2O/c1-3-9-6-12(15(19)20-7-9)21-8(2)13-10(16)4-5-11(18)14(13)17/h1,4-8H,2H3,(H2,19,20)/t8-/m1/s1. The number of halogens is 3. The topological polar surface area (TPSA) is 48.1 Å². The van der Waals surface area contributed by atoms with E-state index >= 15 is 0 Å². The van der Waals surface area contributed by atoms with Gasteiger partial charge in [0, 0.05) is 28.4 Å². The molecular formula is C15H11Cl2FN2O. The van der Waals surface area contributed by atoms with Crippen molar-refractivity contribution in [2.24, 2.45) is 0 Å². The second kappa shape index (κ2) is 6.21. The van der Waals surface area contributed by atoms with Crippen molar-refractivity contribution >= 4 is 29.0 Å². The smallest absolute Gasteiger partial charge is 0.166 e. The van der Waals surface area contributed by atoms with E-state index in [9.17, 15) is 4.39 Å². The number of terminal acetylenes is 1. The maximum atomic E-state index is 13.5. The molecule has 0 saturated heterocycles. The number of aromatic nitrogens is 1. The summed E-state index contributed by atoms with van der Waals surface area (Å²) in [5.41, 5.74) is 6.59. The number of nitrogens with two attached hydrogens (primary N) is 1. The predicted octanol–water partition coefficient (Wildman–Crippen LogP) is 4.23. The molecule has 2 rings (SSSR count). The zero-order valence-corrected chi connectivity index (χ0v) is 12.5. The average molecular weight is 325 g/mol. The molecule has 108 valence electrons. The molecule has 0 amide bonds. The lowest BCUT2D eigenvalue weighted by molar-refractivity contribution is 0.227. The number of hydrogen-bond acceptors (Lipinski definition) is 3. The number of ether oxygens (including phenoxy) is 1. The van der Waals surface area contributed by atoms with Crippen molar-refractivity contribution in [1.29, 1.82) is 0 Å². The normalized spacial score (nSPS) is 11.8. The fourth-order valence-corrected chi connectivity index (χ4v) is 2.47. The number of nitrogens with zero attached hydrogens (tertiary/aromatic N) is 1. The van der Waals surface area contributed by atoms with Gasteiger partial charge in [-0.2, -0.15) is 0 Å². The number of pyridine rings is 1. The molecule has 0 radical (unpaired) electrons. The Balaban J connectivity index is 2.37. The molecule has 6 heteroatoms. The van der Waals surface area contributed by atoms with Gasteiger partial charge in [0.25, 0.3) is 0 Å². The van der Waals surface area contributed by atoms with E-state index in [1.54, 1.807) is 13.0 Å². The summed E-state index contributed by atoms with van der Waals surface area (Å²) in [6.07, 6.45) is 6.13. The maximum absolute atomic E-state index is 13.5. The molecule has 1 aromatic heterocycles. The van der Waals surface area contributed by atoms with Crippen LogP contribution in [-0.2, 0) is 0 Å².